The standard InChI is InChI=1S/C33H51NO4/c1-7-25-29-20-24(37-22(3)35)15-17-33(29,6)28-16-18-32(5)26(21(2)12-10-8-9-11-19-34)13-14-27(32)30(28)31(25)38-23(4)36/h9,11,21,24-31H,7-8,10,12-18,20H2,1-6H3/b11-9+/t21-,24-,25-,26?,27+,28+,29?,30+,31-,32?,33?/m1/s1. The lowest BCUT2D eigenvalue weighted by Crippen LogP contribution is -2.63. The first-order valence-electron chi connectivity index (χ1n) is 15.5. The van der Waals surface area contributed by atoms with Gasteiger partial charge in [0.1, 0.15) is 12.2 Å². The molecule has 4 unspecified atom stereocenters. The van der Waals surface area contributed by atoms with Crippen LogP contribution in [0.2, 0.25) is 0 Å². The Labute approximate surface area is 231 Å². The molecule has 0 amide bonds. The Kier molecular flexibility index (Phi) is 9.00. The van der Waals surface area contributed by atoms with Gasteiger partial charge in [0.2, 0.25) is 0 Å². The van der Waals surface area contributed by atoms with E-state index < -0.39 is 0 Å². The van der Waals surface area contributed by atoms with Crippen molar-refractivity contribution in [3.8, 4) is 6.07 Å². The van der Waals surface area contributed by atoms with Gasteiger partial charge in [-0.25, -0.2) is 0 Å². The van der Waals surface area contributed by atoms with Gasteiger partial charge in [0, 0.05) is 25.8 Å². The molecule has 0 aromatic rings. The number of allylic oxidation sites excluding steroid dienone is 2. The van der Waals surface area contributed by atoms with Gasteiger partial charge in [-0.15, -0.1) is 0 Å². The molecule has 4 saturated carbocycles. The Balaban J connectivity index is 1.61. The highest BCUT2D eigenvalue weighted by Crippen LogP contribution is 2.70. The fraction of sp³-hybridized carbons (Fsp3) is 0.848. The fourth-order valence-electron chi connectivity index (χ4n) is 10.5. The van der Waals surface area contributed by atoms with E-state index in [2.05, 4.69) is 33.8 Å². The first kappa shape index (κ1) is 29.2. The van der Waals surface area contributed by atoms with Crippen LogP contribution in [-0.2, 0) is 19.1 Å². The summed E-state index contributed by atoms with van der Waals surface area (Å²) in [5, 5.41) is 8.77. The van der Waals surface area contributed by atoms with E-state index in [-0.39, 0.29) is 35.0 Å². The highest BCUT2D eigenvalue weighted by Gasteiger charge is 2.66. The van der Waals surface area contributed by atoms with Gasteiger partial charge in [-0.05, 0) is 111 Å². The quantitative estimate of drug-likeness (QED) is 0.185. The minimum Gasteiger partial charge on any atom is -0.463 e. The van der Waals surface area contributed by atoms with Gasteiger partial charge in [0.15, 0.2) is 0 Å². The number of ether oxygens (including phenoxy) is 2. The van der Waals surface area contributed by atoms with Gasteiger partial charge in [-0.1, -0.05) is 40.2 Å². The van der Waals surface area contributed by atoms with Crippen molar-refractivity contribution in [2.24, 2.45) is 52.3 Å². The molecule has 0 radical (unpaired) electrons. The van der Waals surface area contributed by atoms with Gasteiger partial charge in [-0.2, -0.15) is 5.26 Å². The molecule has 0 bridgehead atoms. The van der Waals surface area contributed by atoms with Crippen molar-refractivity contribution in [3.05, 3.63) is 12.2 Å². The van der Waals surface area contributed by atoms with Gasteiger partial charge >= 0.3 is 11.9 Å². The Morgan fingerprint density at radius 1 is 1.00 bits per heavy atom. The fourth-order valence-corrected chi connectivity index (χ4v) is 10.5. The monoisotopic (exact) mass is 525 g/mol. The van der Waals surface area contributed by atoms with Crippen LogP contribution in [0.4, 0.5) is 0 Å². The van der Waals surface area contributed by atoms with Gasteiger partial charge in [0.25, 0.3) is 0 Å². The molecule has 212 valence electrons. The minimum atomic E-state index is -0.183. The van der Waals surface area contributed by atoms with Crippen LogP contribution in [0.5, 0.6) is 0 Å². The first-order chi connectivity index (χ1) is 18.1. The molecule has 0 aromatic carbocycles. The van der Waals surface area contributed by atoms with Gasteiger partial charge in [-0.3, -0.25) is 9.59 Å². The maximum Gasteiger partial charge on any atom is 0.302 e. The zero-order valence-electron chi connectivity index (χ0n) is 24.7. The van der Waals surface area contributed by atoms with E-state index in [4.69, 9.17) is 14.7 Å². The third-order valence-electron chi connectivity index (χ3n) is 12.0. The molecule has 5 nitrogen and oxygen atoms in total. The zero-order chi connectivity index (χ0) is 27.7. The molecule has 4 fully saturated rings. The predicted molar refractivity (Wildman–Crippen MR) is 149 cm³/mol. The molecule has 4 aliphatic carbocycles. The second-order valence-electron chi connectivity index (χ2n) is 13.7. The molecule has 0 aliphatic heterocycles. The van der Waals surface area contributed by atoms with Crippen molar-refractivity contribution in [1.82, 2.24) is 0 Å². The summed E-state index contributed by atoms with van der Waals surface area (Å²) in [7, 11) is 0. The summed E-state index contributed by atoms with van der Waals surface area (Å²) in [6.07, 6.45) is 15.8. The van der Waals surface area contributed by atoms with Crippen LogP contribution in [0, 0.1) is 63.6 Å². The normalized spacial score (nSPS) is 42.9. The van der Waals surface area contributed by atoms with E-state index in [1.807, 2.05) is 6.08 Å². The summed E-state index contributed by atoms with van der Waals surface area (Å²) in [4.78, 5) is 24.3. The largest absolute Gasteiger partial charge is 0.463 e. The van der Waals surface area contributed by atoms with E-state index >= 15 is 0 Å². The highest BCUT2D eigenvalue weighted by molar-refractivity contribution is 5.66. The Hall–Kier alpha value is -1.83. The molecule has 0 aromatic heterocycles. The van der Waals surface area contributed by atoms with Crippen LogP contribution in [-0.4, -0.2) is 24.1 Å². The van der Waals surface area contributed by atoms with Crippen LogP contribution in [0.15, 0.2) is 12.2 Å². The third-order valence-corrected chi connectivity index (χ3v) is 12.0. The topological polar surface area (TPSA) is 76.4 Å². The Morgan fingerprint density at radius 2 is 1.68 bits per heavy atom. The minimum absolute atomic E-state index is 0.0114. The molecule has 0 spiro atoms. The number of nitriles is 1. The molecule has 0 N–H and O–H groups in total. The summed E-state index contributed by atoms with van der Waals surface area (Å²) in [5.74, 6) is 3.34. The molecule has 0 saturated heterocycles. The lowest BCUT2D eigenvalue weighted by Gasteiger charge is -2.65. The SMILES string of the molecule is CC[C@@H]1C2C[C@H](OC(C)=O)CCC2(C)[C@H]2CCC3(C)C([C@H](C)CCC/C=C/C#N)CC[C@H]3[C@@H]2[C@@H]1OC(C)=O. The van der Waals surface area contributed by atoms with Crippen LogP contribution in [0.1, 0.15) is 112 Å². The Bertz CT molecular complexity index is 938. The molecule has 11 atom stereocenters. The molecule has 5 heteroatoms. The number of hydrogen-bond donors (Lipinski definition) is 0. The zero-order valence-corrected chi connectivity index (χ0v) is 24.7. The number of esters is 2. The number of rotatable bonds is 8. The molecule has 38 heavy (non-hydrogen) atoms. The number of unbranched alkanes of at least 4 members (excludes halogenated alkanes) is 1. The van der Waals surface area contributed by atoms with Crippen molar-refractivity contribution in [3.63, 3.8) is 0 Å². The number of nitrogens with zero attached hydrogens (tertiary/aromatic N) is 1. The average Bonchev–Trinajstić information content (AvgIpc) is 3.21. The molecule has 4 rings (SSSR count). The number of carbonyl (C=O) groups excluding carboxylic acids is 2. The third kappa shape index (κ3) is 5.31. The summed E-state index contributed by atoms with van der Waals surface area (Å²) < 4.78 is 12.1. The first-order valence-corrected chi connectivity index (χ1v) is 15.5. The lowest BCUT2D eigenvalue weighted by atomic mass is 9.41. The molecular formula is C33H51NO4. The second-order valence-corrected chi connectivity index (χ2v) is 13.7. The maximum absolute atomic E-state index is 12.5. The highest BCUT2D eigenvalue weighted by atomic mass is 16.5. The molecule has 4 aliphatic rings. The van der Waals surface area contributed by atoms with E-state index in [1.165, 1.54) is 39.0 Å². The van der Waals surface area contributed by atoms with Crippen molar-refractivity contribution in [2.75, 3.05) is 0 Å². The summed E-state index contributed by atoms with van der Waals surface area (Å²) >= 11 is 0. The van der Waals surface area contributed by atoms with Crippen molar-refractivity contribution in [2.45, 2.75) is 124 Å². The van der Waals surface area contributed by atoms with Crippen molar-refractivity contribution in [1.29, 1.82) is 5.26 Å². The number of hydrogen-bond acceptors (Lipinski definition) is 5. The number of carbonyl (C=O) groups is 2. The van der Waals surface area contributed by atoms with Crippen molar-refractivity contribution < 1.29 is 19.1 Å². The second kappa shape index (κ2) is 11.7. The van der Waals surface area contributed by atoms with Gasteiger partial charge < -0.3 is 9.47 Å². The molecule has 0 heterocycles. The maximum atomic E-state index is 12.5. The van der Waals surface area contributed by atoms with E-state index in [0.717, 1.165) is 38.5 Å². The predicted octanol–water partition coefficient (Wildman–Crippen LogP) is 7.64. The van der Waals surface area contributed by atoms with Crippen LogP contribution in [0.3, 0.4) is 0 Å². The van der Waals surface area contributed by atoms with E-state index in [1.54, 1.807) is 13.0 Å². The summed E-state index contributed by atoms with van der Waals surface area (Å²) in [5.41, 5.74) is 0.495. The van der Waals surface area contributed by atoms with Crippen LogP contribution < -0.4 is 0 Å². The van der Waals surface area contributed by atoms with Crippen LogP contribution in [0.25, 0.3) is 0 Å². The van der Waals surface area contributed by atoms with Crippen LogP contribution >= 0.6 is 0 Å². The molecular weight excluding hydrogens is 474 g/mol. The summed E-state index contributed by atoms with van der Waals surface area (Å²) in [6, 6.07) is 2.10. The van der Waals surface area contributed by atoms with Crippen molar-refractivity contribution >= 4 is 11.9 Å². The lowest BCUT2D eigenvalue weighted by molar-refractivity contribution is -0.219. The van der Waals surface area contributed by atoms with E-state index in [0.29, 0.717) is 41.4 Å². The summed E-state index contributed by atoms with van der Waals surface area (Å²) in [6.45, 7) is 12.9. The average molecular weight is 526 g/mol. The Morgan fingerprint density at radius 3 is 2.34 bits per heavy atom. The number of fused-ring (bicyclic) bond motifs is 5. The van der Waals surface area contributed by atoms with Gasteiger partial charge in [0.05, 0.1) is 6.07 Å². The van der Waals surface area contributed by atoms with E-state index in [9.17, 15) is 9.59 Å². The smallest absolute Gasteiger partial charge is 0.302 e.